The molecule has 1 aromatic carbocycles. The molecule has 0 aliphatic carbocycles. The Morgan fingerprint density at radius 2 is 2.15 bits per heavy atom. The Morgan fingerprint density at radius 1 is 1.33 bits per heavy atom. The number of nitrogens with zero attached hydrogens (tertiary/aromatic N) is 5. The Labute approximate surface area is 156 Å². The number of ether oxygens (including phenoxy) is 1. The average Bonchev–Trinajstić information content (AvgIpc) is 3.29. The van der Waals surface area contributed by atoms with Crippen LogP contribution in [0.1, 0.15) is 32.0 Å². The summed E-state index contributed by atoms with van der Waals surface area (Å²) in [6.45, 7) is 5.05. The number of aromatic nitrogens is 4. The van der Waals surface area contributed by atoms with Crippen LogP contribution in [0.25, 0.3) is 10.9 Å². The first-order valence-electron chi connectivity index (χ1n) is 8.93. The molecule has 142 valence electrons. The molecule has 3 aromatic rings. The van der Waals surface area contributed by atoms with Crippen LogP contribution in [0.3, 0.4) is 0 Å². The van der Waals surface area contributed by atoms with Gasteiger partial charge in [0.25, 0.3) is 0 Å². The summed E-state index contributed by atoms with van der Waals surface area (Å²) in [6.07, 6.45) is 3.99. The molecule has 0 spiro atoms. The third kappa shape index (κ3) is 2.99. The van der Waals surface area contributed by atoms with Crippen molar-refractivity contribution in [1.29, 1.82) is 0 Å². The Balaban J connectivity index is 1.69. The maximum Gasteiger partial charge on any atom is 0.167 e. The number of methoxy groups -OCH3 is 1. The van der Waals surface area contributed by atoms with Gasteiger partial charge in [0.2, 0.25) is 0 Å². The predicted octanol–water partition coefficient (Wildman–Crippen LogP) is 2.65. The van der Waals surface area contributed by atoms with E-state index in [9.17, 15) is 9.50 Å². The van der Waals surface area contributed by atoms with Gasteiger partial charge in [-0.15, -0.1) is 5.10 Å². The molecule has 0 saturated carbocycles. The highest BCUT2D eigenvalue weighted by Gasteiger charge is 2.40. The Bertz CT molecular complexity index is 989. The van der Waals surface area contributed by atoms with Gasteiger partial charge in [0.05, 0.1) is 25.4 Å². The summed E-state index contributed by atoms with van der Waals surface area (Å²) < 4.78 is 20.9. The van der Waals surface area contributed by atoms with Gasteiger partial charge in [0, 0.05) is 42.3 Å². The quantitative estimate of drug-likeness (QED) is 0.760. The van der Waals surface area contributed by atoms with Gasteiger partial charge >= 0.3 is 0 Å². The van der Waals surface area contributed by atoms with E-state index in [1.54, 1.807) is 23.1 Å². The van der Waals surface area contributed by atoms with Crippen molar-refractivity contribution in [3.63, 3.8) is 0 Å². The minimum atomic E-state index is -1.08. The molecule has 4 rings (SSSR count). The fraction of sp³-hybridized carbons (Fsp3) is 0.421. The van der Waals surface area contributed by atoms with Crippen molar-refractivity contribution in [3.8, 4) is 5.75 Å². The molecule has 27 heavy (non-hydrogen) atoms. The molecule has 0 radical (unpaired) electrons. The molecule has 7 nitrogen and oxygen atoms in total. The van der Waals surface area contributed by atoms with Crippen molar-refractivity contribution in [3.05, 3.63) is 42.1 Å². The molecule has 1 aliphatic rings. The average molecular weight is 371 g/mol. The van der Waals surface area contributed by atoms with Crippen LogP contribution >= 0.6 is 0 Å². The number of aliphatic hydroxyl groups is 1. The van der Waals surface area contributed by atoms with Crippen molar-refractivity contribution < 1.29 is 14.2 Å². The fourth-order valence-corrected chi connectivity index (χ4v) is 3.52. The zero-order chi connectivity index (χ0) is 19.2. The van der Waals surface area contributed by atoms with E-state index in [4.69, 9.17) is 4.74 Å². The summed E-state index contributed by atoms with van der Waals surface area (Å²) in [5.74, 6) is -0.274. The molecule has 8 heteroatoms. The second-order valence-electron chi connectivity index (χ2n) is 7.21. The van der Waals surface area contributed by atoms with E-state index in [-0.39, 0.29) is 11.8 Å². The molecule has 3 heterocycles. The lowest BCUT2D eigenvalue weighted by Crippen LogP contribution is -2.31. The number of anilines is 1. The molecular formula is C19H22FN5O2. The maximum absolute atomic E-state index is 14.0. The number of β-amino-alcohol motifs (C(OH)–C–C–N with tert-alkyl or cyclic N) is 1. The first-order valence-corrected chi connectivity index (χ1v) is 8.93. The molecular weight excluding hydrogens is 349 g/mol. The normalized spacial score (nSPS) is 20.0. The summed E-state index contributed by atoms with van der Waals surface area (Å²) in [6, 6.07) is 5.07. The van der Waals surface area contributed by atoms with Crippen LogP contribution in [0.15, 0.2) is 30.6 Å². The first kappa shape index (κ1) is 17.7. The molecule has 1 aliphatic heterocycles. The van der Waals surface area contributed by atoms with E-state index < -0.39 is 11.4 Å². The number of hydrogen-bond donors (Lipinski definition) is 1. The summed E-state index contributed by atoms with van der Waals surface area (Å²) in [4.78, 5) is 6.32. The molecule has 1 atom stereocenters. The number of halogens is 1. The number of benzene rings is 1. The number of fused-ring (bicyclic) bond motifs is 1. The molecule has 1 unspecified atom stereocenters. The standard InChI is InChI=1S/C19H22FN5O2/c1-12(2)25-10-18(22-23-25)19(26)5-7-24(11-19)16-4-6-21-15-9-14(20)17(27-3)8-13(15)16/h4,6,8-10,12,26H,5,7,11H2,1-3H3. The highest BCUT2D eigenvalue weighted by atomic mass is 19.1. The lowest BCUT2D eigenvalue weighted by atomic mass is 10.00. The van der Waals surface area contributed by atoms with Crippen LogP contribution < -0.4 is 9.64 Å². The largest absolute Gasteiger partial charge is 0.494 e. The van der Waals surface area contributed by atoms with Crippen molar-refractivity contribution in [1.82, 2.24) is 20.0 Å². The van der Waals surface area contributed by atoms with Gasteiger partial charge in [-0.1, -0.05) is 5.21 Å². The molecule has 0 bridgehead atoms. The van der Waals surface area contributed by atoms with Gasteiger partial charge in [-0.3, -0.25) is 4.98 Å². The van der Waals surface area contributed by atoms with Crippen LogP contribution in [0.2, 0.25) is 0 Å². The predicted molar refractivity (Wildman–Crippen MR) is 99.4 cm³/mol. The molecule has 1 fully saturated rings. The lowest BCUT2D eigenvalue weighted by Gasteiger charge is -2.23. The summed E-state index contributed by atoms with van der Waals surface area (Å²) in [5.41, 5.74) is 0.922. The van der Waals surface area contributed by atoms with Crippen LogP contribution in [-0.2, 0) is 5.60 Å². The molecule has 2 aromatic heterocycles. The van der Waals surface area contributed by atoms with Gasteiger partial charge in [-0.2, -0.15) is 0 Å². The van der Waals surface area contributed by atoms with Gasteiger partial charge in [0.15, 0.2) is 11.6 Å². The number of hydrogen-bond acceptors (Lipinski definition) is 6. The lowest BCUT2D eigenvalue weighted by molar-refractivity contribution is 0.0559. The van der Waals surface area contributed by atoms with Crippen molar-refractivity contribution in [2.75, 3.05) is 25.1 Å². The molecule has 0 amide bonds. The van der Waals surface area contributed by atoms with Crippen LogP contribution in [0.4, 0.5) is 10.1 Å². The Morgan fingerprint density at radius 3 is 2.85 bits per heavy atom. The first-order chi connectivity index (χ1) is 12.9. The van der Waals surface area contributed by atoms with Crippen molar-refractivity contribution >= 4 is 16.6 Å². The van der Waals surface area contributed by atoms with E-state index in [0.717, 1.165) is 11.1 Å². The minimum Gasteiger partial charge on any atom is -0.494 e. The topological polar surface area (TPSA) is 76.3 Å². The van der Waals surface area contributed by atoms with E-state index in [1.807, 2.05) is 19.9 Å². The molecule has 1 N–H and O–H groups in total. The monoisotopic (exact) mass is 371 g/mol. The smallest absolute Gasteiger partial charge is 0.167 e. The minimum absolute atomic E-state index is 0.172. The Kier molecular flexibility index (Phi) is 4.22. The molecule has 1 saturated heterocycles. The van der Waals surface area contributed by atoms with Crippen LogP contribution in [0.5, 0.6) is 5.75 Å². The summed E-state index contributed by atoms with van der Waals surface area (Å²) in [5, 5.41) is 20.2. The van der Waals surface area contributed by atoms with Crippen molar-refractivity contribution in [2.45, 2.75) is 31.9 Å². The zero-order valence-electron chi connectivity index (χ0n) is 15.6. The van der Waals surface area contributed by atoms with E-state index in [0.29, 0.717) is 30.7 Å². The summed E-state index contributed by atoms with van der Waals surface area (Å²) >= 11 is 0. The Hall–Kier alpha value is -2.74. The van der Waals surface area contributed by atoms with Gasteiger partial charge in [-0.25, -0.2) is 9.07 Å². The van der Waals surface area contributed by atoms with Crippen molar-refractivity contribution in [2.24, 2.45) is 0 Å². The number of rotatable bonds is 4. The fourth-order valence-electron chi connectivity index (χ4n) is 3.52. The maximum atomic E-state index is 14.0. The second-order valence-corrected chi connectivity index (χ2v) is 7.21. The highest BCUT2D eigenvalue weighted by molar-refractivity contribution is 5.92. The highest BCUT2D eigenvalue weighted by Crippen LogP contribution is 2.37. The summed E-state index contributed by atoms with van der Waals surface area (Å²) in [7, 11) is 1.44. The third-order valence-corrected chi connectivity index (χ3v) is 5.10. The van der Waals surface area contributed by atoms with E-state index in [1.165, 1.54) is 13.2 Å². The van der Waals surface area contributed by atoms with E-state index >= 15 is 0 Å². The number of pyridine rings is 1. The van der Waals surface area contributed by atoms with Gasteiger partial charge in [-0.05, 0) is 26.0 Å². The zero-order valence-corrected chi connectivity index (χ0v) is 15.6. The van der Waals surface area contributed by atoms with Crippen LogP contribution in [0, 0.1) is 5.82 Å². The second kappa shape index (κ2) is 6.45. The SMILES string of the molecule is COc1cc2c(N3CCC(O)(c4cn(C(C)C)nn4)C3)ccnc2cc1F. The van der Waals surface area contributed by atoms with E-state index in [2.05, 4.69) is 20.2 Å². The van der Waals surface area contributed by atoms with Gasteiger partial charge < -0.3 is 14.7 Å². The van der Waals surface area contributed by atoms with Crippen LogP contribution in [-0.4, -0.2) is 45.3 Å². The van der Waals surface area contributed by atoms with Gasteiger partial charge in [0.1, 0.15) is 11.3 Å². The third-order valence-electron chi connectivity index (χ3n) is 5.10.